The molecule has 2 aliphatic rings. The molecule has 126 valence electrons. The van der Waals surface area contributed by atoms with Gasteiger partial charge in [-0.05, 0) is 37.2 Å². The molecule has 0 atom stereocenters. The van der Waals surface area contributed by atoms with Gasteiger partial charge in [0.1, 0.15) is 6.54 Å². The monoisotopic (exact) mass is 338 g/mol. The molecule has 1 N–H and O–H groups in total. The van der Waals surface area contributed by atoms with Crippen LogP contribution in [-0.4, -0.2) is 53.8 Å². The summed E-state index contributed by atoms with van der Waals surface area (Å²) in [6.07, 6.45) is 3.06. The van der Waals surface area contributed by atoms with Gasteiger partial charge in [-0.2, -0.15) is 17.0 Å². The lowest BCUT2D eigenvalue weighted by Gasteiger charge is -2.34. The molecule has 7 heteroatoms. The Morgan fingerprint density at radius 3 is 2.26 bits per heavy atom. The number of piperidine rings is 1. The highest BCUT2D eigenvalue weighted by Crippen LogP contribution is 2.33. The number of hydrogen-bond acceptors (Lipinski definition) is 3. The van der Waals surface area contributed by atoms with Crippen molar-refractivity contribution in [3.05, 3.63) is 35.9 Å². The molecule has 2 fully saturated rings. The summed E-state index contributed by atoms with van der Waals surface area (Å²) >= 11 is 0. The molecule has 1 aromatic rings. The number of benzene rings is 1. The molecule has 0 amide bonds. The molecule has 1 aliphatic heterocycles. The van der Waals surface area contributed by atoms with E-state index in [2.05, 4.69) is 12.1 Å². The van der Waals surface area contributed by atoms with Crippen molar-refractivity contribution in [2.75, 3.05) is 19.6 Å². The normalized spacial score (nSPS) is 20.7. The lowest BCUT2D eigenvalue weighted by molar-refractivity contribution is -0.137. The van der Waals surface area contributed by atoms with E-state index in [0.29, 0.717) is 19.0 Å². The van der Waals surface area contributed by atoms with E-state index in [1.54, 1.807) is 0 Å². The molecule has 1 aromatic carbocycles. The molecule has 0 bridgehead atoms. The maximum Gasteiger partial charge on any atom is 0.318 e. The van der Waals surface area contributed by atoms with E-state index in [4.69, 9.17) is 5.11 Å². The Morgan fingerprint density at radius 2 is 1.74 bits per heavy atom. The van der Waals surface area contributed by atoms with Gasteiger partial charge in [-0.3, -0.25) is 4.79 Å². The van der Waals surface area contributed by atoms with Gasteiger partial charge in [-0.25, -0.2) is 0 Å². The molecular weight excluding hydrogens is 316 g/mol. The van der Waals surface area contributed by atoms with Crippen LogP contribution in [0.3, 0.4) is 0 Å². The van der Waals surface area contributed by atoms with Gasteiger partial charge >= 0.3 is 5.97 Å². The fourth-order valence-corrected chi connectivity index (χ4v) is 5.02. The van der Waals surface area contributed by atoms with Gasteiger partial charge in [0, 0.05) is 19.1 Å². The van der Waals surface area contributed by atoms with Crippen molar-refractivity contribution < 1.29 is 18.3 Å². The van der Waals surface area contributed by atoms with Crippen molar-refractivity contribution in [3.8, 4) is 0 Å². The molecule has 1 heterocycles. The summed E-state index contributed by atoms with van der Waals surface area (Å²) in [6, 6.07) is 10.00. The fourth-order valence-electron chi connectivity index (χ4n) is 3.19. The number of rotatable bonds is 6. The number of aliphatic carboxylic acids is 1. The van der Waals surface area contributed by atoms with Crippen molar-refractivity contribution in [1.82, 2.24) is 8.61 Å². The summed E-state index contributed by atoms with van der Waals surface area (Å²) in [5.74, 6) is -0.726. The second-order valence-electron chi connectivity index (χ2n) is 6.26. The molecule has 6 nitrogen and oxygen atoms in total. The lowest BCUT2D eigenvalue weighted by Crippen LogP contribution is -2.49. The van der Waals surface area contributed by atoms with Crippen LogP contribution >= 0.6 is 0 Å². The molecule has 1 saturated carbocycles. The first-order valence-electron chi connectivity index (χ1n) is 8.02. The summed E-state index contributed by atoms with van der Waals surface area (Å²) < 4.78 is 28.1. The summed E-state index contributed by atoms with van der Waals surface area (Å²) in [4.78, 5) is 11.0. The van der Waals surface area contributed by atoms with E-state index in [1.807, 2.05) is 18.2 Å². The van der Waals surface area contributed by atoms with E-state index in [9.17, 15) is 13.2 Å². The van der Waals surface area contributed by atoms with Crippen LogP contribution in [0.2, 0.25) is 0 Å². The topological polar surface area (TPSA) is 77.9 Å². The summed E-state index contributed by atoms with van der Waals surface area (Å²) in [5, 5.41) is 8.99. The van der Waals surface area contributed by atoms with Crippen LogP contribution in [-0.2, 0) is 15.0 Å². The molecule has 0 aromatic heterocycles. The summed E-state index contributed by atoms with van der Waals surface area (Å²) in [5.41, 5.74) is 1.24. The van der Waals surface area contributed by atoms with Gasteiger partial charge in [0.15, 0.2) is 0 Å². The van der Waals surface area contributed by atoms with Crippen molar-refractivity contribution in [2.24, 2.45) is 0 Å². The molecular formula is C16H22N2O4S. The molecule has 1 saturated heterocycles. The van der Waals surface area contributed by atoms with Crippen LogP contribution in [0.25, 0.3) is 0 Å². The first-order chi connectivity index (χ1) is 11.0. The van der Waals surface area contributed by atoms with Gasteiger partial charge in [0.05, 0.1) is 0 Å². The van der Waals surface area contributed by atoms with E-state index in [0.717, 1.165) is 30.0 Å². The van der Waals surface area contributed by atoms with Crippen molar-refractivity contribution >= 4 is 16.2 Å². The maximum absolute atomic E-state index is 12.7. The van der Waals surface area contributed by atoms with Gasteiger partial charge < -0.3 is 5.11 Å². The van der Waals surface area contributed by atoms with Crippen molar-refractivity contribution in [1.29, 1.82) is 0 Å². The third kappa shape index (κ3) is 3.73. The molecule has 3 rings (SSSR count). The highest BCUT2D eigenvalue weighted by Gasteiger charge is 2.42. The van der Waals surface area contributed by atoms with E-state index < -0.39 is 22.7 Å². The standard InChI is InChI=1S/C16H22N2O4S/c19-16(20)12-18(15-6-7-15)23(21,22)17-10-8-14(9-11-17)13-4-2-1-3-5-13/h1-5,14-15H,6-12H2,(H,19,20). The average Bonchev–Trinajstić information content (AvgIpc) is 3.38. The van der Waals surface area contributed by atoms with Crippen molar-refractivity contribution in [2.45, 2.75) is 37.6 Å². The van der Waals surface area contributed by atoms with Crippen LogP contribution in [0.4, 0.5) is 0 Å². The Balaban J connectivity index is 1.67. The minimum Gasteiger partial charge on any atom is -0.480 e. The average molecular weight is 338 g/mol. The third-order valence-electron chi connectivity index (χ3n) is 4.59. The Bertz CT molecular complexity index is 650. The van der Waals surface area contributed by atoms with Crippen LogP contribution in [0, 0.1) is 0 Å². The molecule has 0 spiro atoms. The highest BCUT2D eigenvalue weighted by molar-refractivity contribution is 7.86. The Hall–Kier alpha value is -1.44. The first kappa shape index (κ1) is 16.4. The van der Waals surface area contributed by atoms with Gasteiger partial charge in [-0.15, -0.1) is 0 Å². The van der Waals surface area contributed by atoms with Crippen molar-refractivity contribution in [3.63, 3.8) is 0 Å². The number of carbonyl (C=O) groups is 1. The highest BCUT2D eigenvalue weighted by atomic mass is 32.2. The minimum absolute atomic E-state index is 0.136. The number of carboxylic acid groups (broad SMARTS) is 1. The zero-order chi connectivity index (χ0) is 16.4. The Morgan fingerprint density at radius 1 is 1.13 bits per heavy atom. The molecule has 23 heavy (non-hydrogen) atoms. The Labute approximate surface area is 136 Å². The quantitative estimate of drug-likeness (QED) is 0.856. The first-order valence-corrected chi connectivity index (χ1v) is 9.42. The molecule has 1 aliphatic carbocycles. The fraction of sp³-hybridized carbons (Fsp3) is 0.562. The zero-order valence-electron chi connectivity index (χ0n) is 13.0. The maximum atomic E-state index is 12.7. The van der Waals surface area contributed by atoms with Crippen LogP contribution < -0.4 is 0 Å². The predicted octanol–water partition coefficient (Wildman–Crippen LogP) is 1.66. The minimum atomic E-state index is -3.68. The van der Waals surface area contributed by atoms with Crippen LogP contribution in [0.1, 0.15) is 37.2 Å². The number of hydrogen-bond donors (Lipinski definition) is 1. The third-order valence-corrected chi connectivity index (χ3v) is 6.63. The molecule has 0 unspecified atom stereocenters. The van der Waals surface area contributed by atoms with Crippen LogP contribution in [0.15, 0.2) is 30.3 Å². The zero-order valence-corrected chi connectivity index (χ0v) is 13.8. The van der Waals surface area contributed by atoms with Gasteiger partial charge in [0.2, 0.25) is 0 Å². The number of carboxylic acids is 1. The smallest absolute Gasteiger partial charge is 0.318 e. The molecule has 0 radical (unpaired) electrons. The van der Waals surface area contributed by atoms with Gasteiger partial charge in [0.25, 0.3) is 10.2 Å². The summed E-state index contributed by atoms with van der Waals surface area (Å²) in [6.45, 7) is 0.459. The Kier molecular flexibility index (Phi) is 4.70. The van der Waals surface area contributed by atoms with E-state index in [-0.39, 0.29) is 6.04 Å². The largest absolute Gasteiger partial charge is 0.480 e. The van der Waals surface area contributed by atoms with Gasteiger partial charge in [-0.1, -0.05) is 30.3 Å². The second kappa shape index (κ2) is 6.59. The second-order valence-corrected chi connectivity index (χ2v) is 8.14. The van der Waals surface area contributed by atoms with E-state index >= 15 is 0 Å². The lowest BCUT2D eigenvalue weighted by atomic mass is 9.90. The predicted molar refractivity (Wildman–Crippen MR) is 86.3 cm³/mol. The summed E-state index contributed by atoms with van der Waals surface area (Å²) in [7, 11) is -3.68. The van der Waals surface area contributed by atoms with E-state index in [1.165, 1.54) is 9.87 Å². The number of nitrogens with zero attached hydrogens (tertiary/aromatic N) is 2. The van der Waals surface area contributed by atoms with Crippen LogP contribution in [0.5, 0.6) is 0 Å². The SMILES string of the molecule is O=C(O)CN(C1CC1)S(=O)(=O)N1CCC(c2ccccc2)CC1.